The van der Waals surface area contributed by atoms with Crippen molar-refractivity contribution in [3.63, 3.8) is 0 Å². The molecule has 0 amide bonds. The van der Waals surface area contributed by atoms with Crippen LogP contribution in [0.25, 0.3) is 10.8 Å². The molecule has 0 spiro atoms. The second kappa shape index (κ2) is 3.29. The first kappa shape index (κ1) is 9.00. The van der Waals surface area contributed by atoms with Gasteiger partial charge in [0.15, 0.2) is 0 Å². The largest absolute Gasteiger partial charge is 0.326 e. The van der Waals surface area contributed by atoms with E-state index in [9.17, 15) is 4.79 Å². The van der Waals surface area contributed by atoms with Crippen LogP contribution in [0.2, 0.25) is 0 Å². The molecule has 1 heterocycles. The summed E-state index contributed by atoms with van der Waals surface area (Å²) in [6.07, 6.45) is 0.860. The average Bonchev–Trinajstić information content (AvgIpc) is 2.17. The van der Waals surface area contributed by atoms with E-state index in [0.717, 1.165) is 28.5 Å². The molecule has 2 heteroatoms. The van der Waals surface area contributed by atoms with Gasteiger partial charge in [0.05, 0.1) is 0 Å². The second-order valence-corrected chi connectivity index (χ2v) is 3.52. The van der Waals surface area contributed by atoms with Crippen LogP contribution in [0.3, 0.4) is 0 Å². The highest BCUT2D eigenvalue weighted by atomic mass is 16.1. The van der Waals surface area contributed by atoms with E-state index in [1.54, 1.807) is 0 Å². The van der Waals surface area contributed by atoms with Crippen LogP contribution in [0, 0.1) is 6.92 Å². The maximum atomic E-state index is 11.7. The highest BCUT2D eigenvalue weighted by Gasteiger charge is 2.02. The first-order valence-corrected chi connectivity index (χ1v) is 4.84. The van der Waals surface area contributed by atoms with Crippen LogP contribution < -0.4 is 5.56 Å². The minimum Gasteiger partial charge on any atom is -0.326 e. The normalized spacial score (nSPS) is 10.7. The van der Waals surface area contributed by atoms with Crippen LogP contribution in [0.4, 0.5) is 0 Å². The van der Waals surface area contributed by atoms with Gasteiger partial charge in [0.1, 0.15) is 0 Å². The van der Waals surface area contributed by atoms with E-state index < -0.39 is 0 Å². The van der Waals surface area contributed by atoms with Gasteiger partial charge in [-0.05, 0) is 30.4 Å². The Kier molecular flexibility index (Phi) is 2.12. The van der Waals surface area contributed by atoms with Crippen LogP contribution in [0.1, 0.15) is 18.2 Å². The van der Waals surface area contributed by atoms with Crippen molar-refractivity contribution in [1.82, 2.24) is 4.98 Å². The number of hydrogen-bond acceptors (Lipinski definition) is 1. The molecule has 0 unspecified atom stereocenters. The van der Waals surface area contributed by atoms with Crippen LogP contribution in [0.15, 0.2) is 29.1 Å². The standard InChI is InChI=1S/C12H13NO/c1-3-10-7-9-6-4-5-8(2)11(9)12(14)13-10/h4-7H,3H2,1-2H3,(H,13,14). The van der Waals surface area contributed by atoms with Crippen molar-refractivity contribution < 1.29 is 0 Å². The summed E-state index contributed by atoms with van der Waals surface area (Å²) < 4.78 is 0. The maximum Gasteiger partial charge on any atom is 0.256 e. The third-order valence-electron chi connectivity index (χ3n) is 2.52. The number of aromatic amines is 1. The Hall–Kier alpha value is -1.57. The lowest BCUT2D eigenvalue weighted by Crippen LogP contribution is -2.09. The molecule has 1 aromatic carbocycles. The summed E-state index contributed by atoms with van der Waals surface area (Å²) in [5.41, 5.74) is 2.05. The average molecular weight is 187 g/mol. The van der Waals surface area contributed by atoms with E-state index in [1.165, 1.54) is 0 Å². The number of aryl methyl sites for hydroxylation is 2. The molecule has 0 saturated heterocycles. The topological polar surface area (TPSA) is 32.9 Å². The minimum absolute atomic E-state index is 0.0254. The Morgan fingerprint density at radius 3 is 2.86 bits per heavy atom. The molecule has 0 radical (unpaired) electrons. The molecule has 1 N–H and O–H groups in total. The van der Waals surface area contributed by atoms with Crippen molar-refractivity contribution in [3.8, 4) is 0 Å². The predicted molar refractivity (Wildman–Crippen MR) is 58.7 cm³/mol. The molecule has 2 nitrogen and oxygen atoms in total. The van der Waals surface area contributed by atoms with Crippen LogP contribution in [-0.4, -0.2) is 4.98 Å². The van der Waals surface area contributed by atoms with Gasteiger partial charge in [0.25, 0.3) is 5.56 Å². The van der Waals surface area contributed by atoms with Gasteiger partial charge in [-0.1, -0.05) is 25.1 Å². The Labute approximate surface area is 82.6 Å². The zero-order valence-electron chi connectivity index (χ0n) is 8.42. The Morgan fingerprint density at radius 1 is 1.36 bits per heavy atom. The Bertz CT molecular complexity index is 525. The van der Waals surface area contributed by atoms with Gasteiger partial charge in [0.2, 0.25) is 0 Å². The fourth-order valence-electron chi connectivity index (χ4n) is 1.74. The molecular weight excluding hydrogens is 174 g/mol. The van der Waals surface area contributed by atoms with E-state index in [1.807, 2.05) is 38.1 Å². The smallest absolute Gasteiger partial charge is 0.256 e. The molecule has 0 bridgehead atoms. The van der Waals surface area contributed by atoms with Gasteiger partial charge >= 0.3 is 0 Å². The summed E-state index contributed by atoms with van der Waals surface area (Å²) >= 11 is 0. The number of hydrogen-bond donors (Lipinski definition) is 1. The zero-order chi connectivity index (χ0) is 10.1. The van der Waals surface area contributed by atoms with Gasteiger partial charge in [0, 0.05) is 11.1 Å². The highest BCUT2D eigenvalue weighted by Crippen LogP contribution is 2.14. The lowest BCUT2D eigenvalue weighted by atomic mass is 10.1. The maximum absolute atomic E-state index is 11.7. The lowest BCUT2D eigenvalue weighted by Gasteiger charge is -2.03. The van der Waals surface area contributed by atoms with E-state index in [-0.39, 0.29) is 5.56 Å². The SMILES string of the molecule is CCc1cc2cccc(C)c2c(=O)[nH]1. The lowest BCUT2D eigenvalue weighted by molar-refractivity contribution is 1.02. The number of pyridine rings is 1. The number of nitrogens with one attached hydrogen (secondary N) is 1. The molecule has 0 atom stereocenters. The van der Waals surface area contributed by atoms with Crippen molar-refractivity contribution >= 4 is 10.8 Å². The van der Waals surface area contributed by atoms with Crippen molar-refractivity contribution in [2.45, 2.75) is 20.3 Å². The fourth-order valence-corrected chi connectivity index (χ4v) is 1.74. The number of fused-ring (bicyclic) bond motifs is 1. The van der Waals surface area contributed by atoms with Crippen LogP contribution in [-0.2, 0) is 6.42 Å². The van der Waals surface area contributed by atoms with Crippen molar-refractivity contribution in [2.24, 2.45) is 0 Å². The highest BCUT2D eigenvalue weighted by molar-refractivity contribution is 5.84. The number of benzene rings is 1. The molecule has 1 aromatic heterocycles. The summed E-state index contributed by atoms with van der Waals surface area (Å²) in [5, 5.41) is 1.84. The zero-order valence-corrected chi connectivity index (χ0v) is 8.42. The molecular formula is C12H13NO. The monoisotopic (exact) mass is 187 g/mol. The van der Waals surface area contributed by atoms with Crippen molar-refractivity contribution in [1.29, 1.82) is 0 Å². The number of rotatable bonds is 1. The summed E-state index contributed by atoms with van der Waals surface area (Å²) in [4.78, 5) is 14.6. The quantitative estimate of drug-likeness (QED) is 0.730. The van der Waals surface area contributed by atoms with Crippen molar-refractivity contribution in [2.75, 3.05) is 0 Å². The van der Waals surface area contributed by atoms with Gasteiger partial charge < -0.3 is 4.98 Å². The molecule has 0 aliphatic rings. The van der Waals surface area contributed by atoms with Crippen LogP contribution >= 0.6 is 0 Å². The van der Waals surface area contributed by atoms with Gasteiger partial charge in [-0.2, -0.15) is 0 Å². The predicted octanol–water partition coefficient (Wildman–Crippen LogP) is 2.40. The molecule has 2 aromatic rings. The van der Waals surface area contributed by atoms with Gasteiger partial charge in [-0.3, -0.25) is 4.79 Å². The number of H-pyrrole nitrogens is 1. The van der Waals surface area contributed by atoms with E-state index >= 15 is 0 Å². The first-order valence-electron chi connectivity index (χ1n) is 4.84. The molecule has 0 fully saturated rings. The fraction of sp³-hybridized carbons (Fsp3) is 0.250. The molecule has 72 valence electrons. The molecule has 2 rings (SSSR count). The molecule has 0 saturated carbocycles. The van der Waals surface area contributed by atoms with Crippen molar-refractivity contribution in [3.05, 3.63) is 45.9 Å². The van der Waals surface area contributed by atoms with Crippen LogP contribution in [0.5, 0.6) is 0 Å². The number of aromatic nitrogens is 1. The second-order valence-electron chi connectivity index (χ2n) is 3.52. The minimum atomic E-state index is 0.0254. The Morgan fingerprint density at radius 2 is 2.14 bits per heavy atom. The van der Waals surface area contributed by atoms with E-state index in [0.29, 0.717) is 0 Å². The summed E-state index contributed by atoms with van der Waals surface area (Å²) in [5.74, 6) is 0. The first-order chi connectivity index (χ1) is 6.72. The van der Waals surface area contributed by atoms with Gasteiger partial charge in [-0.25, -0.2) is 0 Å². The molecule has 14 heavy (non-hydrogen) atoms. The van der Waals surface area contributed by atoms with E-state index in [4.69, 9.17) is 0 Å². The third-order valence-corrected chi connectivity index (χ3v) is 2.52. The van der Waals surface area contributed by atoms with Gasteiger partial charge in [-0.15, -0.1) is 0 Å². The summed E-state index contributed by atoms with van der Waals surface area (Å²) in [6.45, 7) is 4.00. The summed E-state index contributed by atoms with van der Waals surface area (Å²) in [6, 6.07) is 7.97. The van der Waals surface area contributed by atoms with E-state index in [2.05, 4.69) is 4.98 Å². The molecule has 0 aliphatic carbocycles. The Balaban J connectivity index is 2.90. The third kappa shape index (κ3) is 1.33. The molecule has 0 aliphatic heterocycles. The summed E-state index contributed by atoms with van der Waals surface area (Å²) in [7, 11) is 0.